The average molecular weight is 433 g/mol. The summed E-state index contributed by atoms with van der Waals surface area (Å²) in [6.45, 7) is 27.3. The minimum atomic E-state index is 0.0184. The van der Waals surface area contributed by atoms with Crippen LogP contribution in [-0.2, 0) is 22.7 Å². The standard InChI is InChI=1S/C29H40N2O/c1-14-15(2)17(4)23-20(16(14)3)21(26(32)30-23)18(5)24-19(6)22-25(31(24)13)28(9,10)29(11,12)27(22,7)8/h1-13H3,(H,30,32)/b21-18-. The topological polar surface area (TPSA) is 34.0 Å². The fourth-order valence-corrected chi connectivity index (χ4v) is 6.79. The fourth-order valence-electron chi connectivity index (χ4n) is 6.79. The third-order valence-electron chi connectivity index (χ3n) is 10.1. The Morgan fingerprint density at radius 2 is 1.31 bits per heavy atom. The first kappa shape index (κ1) is 22.9. The number of nitrogens with one attached hydrogen (secondary N) is 1. The molecule has 0 bridgehead atoms. The van der Waals surface area contributed by atoms with Crippen LogP contribution in [0.25, 0.3) is 11.1 Å². The summed E-state index contributed by atoms with van der Waals surface area (Å²) in [7, 11) is 2.19. The number of benzene rings is 1. The minimum absolute atomic E-state index is 0.0184. The van der Waals surface area contributed by atoms with Gasteiger partial charge in [-0.1, -0.05) is 41.5 Å². The smallest absolute Gasteiger partial charge is 0.256 e. The molecule has 0 atom stereocenters. The summed E-state index contributed by atoms with van der Waals surface area (Å²) < 4.78 is 2.39. The number of allylic oxidation sites excluding steroid dienone is 1. The average Bonchev–Trinajstić information content (AvgIpc) is 3.21. The molecule has 0 saturated heterocycles. The number of hydrogen-bond acceptors (Lipinski definition) is 1. The maximum atomic E-state index is 13.4. The molecule has 3 nitrogen and oxygen atoms in total. The monoisotopic (exact) mass is 432 g/mol. The fraction of sp³-hybridized carbons (Fsp3) is 0.552. The molecule has 4 rings (SSSR count). The van der Waals surface area contributed by atoms with Crippen LogP contribution in [0.4, 0.5) is 5.69 Å². The Hall–Kier alpha value is -2.29. The van der Waals surface area contributed by atoms with E-state index in [4.69, 9.17) is 0 Å². The number of aromatic nitrogens is 1. The van der Waals surface area contributed by atoms with Crippen LogP contribution in [-0.4, -0.2) is 10.5 Å². The quantitative estimate of drug-likeness (QED) is 0.482. The van der Waals surface area contributed by atoms with Crippen molar-refractivity contribution in [2.45, 2.75) is 93.9 Å². The number of hydrogen-bond donors (Lipinski definition) is 1. The Balaban J connectivity index is 2.08. The van der Waals surface area contributed by atoms with Gasteiger partial charge < -0.3 is 9.88 Å². The van der Waals surface area contributed by atoms with Crippen molar-refractivity contribution in [3.63, 3.8) is 0 Å². The van der Waals surface area contributed by atoms with E-state index in [0.717, 1.165) is 22.4 Å². The van der Waals surface area contributed by atoms with E-state index in [1.54, 1.807) is 0 Å². The first-order chi connectivity index (χ1) is 14.5. The maximum absolute atomic E-state index is 13.4. The van der Waals surface area contributed by atoms with Crippen LogP contribution in [0.15, 0.2) is 0 Å². The predicted octanol–water partition coefficient (Wildman–Crippen LogP) is 7.05. The van der Waals surface area contributed by atoms with Gasteiger partial charge in [-0.15, -0.1) is 0 Å². The second kappa shape index (κ2) is 6.40. The first-order valence-corrected chi connectivity index (χ1v) is 11.8. The molecule has 1 amide bonds. The van der Waals surface area contributed by atoms with Crippen molar-refractivity contribution in [3.05, 3.63) is 50.3 Å². The molecule has 0 fully saturated rings. The molecule has 3 heteroatoms. The highest BCUT2D eigenvalue weighted by Gasteiger charge is 2.59. The van der Waals surface area contributed by atoms with Crippen molar-refractivity contribution in [1.29, 1.82) is 0 Å². The largest absolute Gasteiger partial charge is 0.347 e. The highest BCUT2D eigenvalue weighted by molar-refractivity contribution is 6.37. The zero-order valence-electron chi connectivity index (χ0n) is 22.4. The molecule has 1 aliphatic heterocycles. The van der Waals surface area contributed by atoms with Crippen LogP contribution < -0.4 is 5.32 Å². The van der Waals surface area contributed by atoms with Crippen LogP contribution in [0, 0.1) is 40.0 Å². The van der Waals surface area contributed by atoms with Gasteiger partial charge in [0.15, 0.2) is 0 Å². The van der Waals surface area contributed by atoms with Gasteiger partial charge in [0.2, 0.25) is 0 Å². The third-order valence-corrected chi connectivity index (χ3v) is 10.1. The van der Waals surface area contributed by atoms with Gasteiger partial charge >= 0.3 is 0 Å². The van der Waals surface area contributed by atoms with E-state index in [2.05, 4.69) is 100 Å². The van der Waals surface area contributed by atoms with Crippen LogP contribution >= 0.6 is 0 Å². The molecule has 32 heavy (non-hydrogen) atoms. The molecule has 0 radical (unpaired) electrons. The molecule has 0 unspecified atom stereocenters. The van der Waals surface area contributed by atoms with Crippen LogP contribution in [0.3, 0.4) is 0 Å². The van der Waals surface area contributed by atoms with Crippen molar-refractivity contribution in [1.82, 2.24) is 4.57 Å². The molecule has 0 spiro atoms. The predicted molar refractivity (Wildman–Crippen MR) is 136 cm³/mol. The molecular formula is C29H40N2O. The number of fused-ring (bicyclic) bond motifs is 2. The number of amides is 1. The first-order valence-electron chi connectivity index (χ1n) is 11.8. The minimum Gasteiger partial charge on any atom is -0.347 e. The highest BCUT2D eigenvalue weighted by Crippen LogP contribution is 2.63. The molecular weight excluding hydrogens is 392 g/mol. The molecule has 2 aliphatic rings. The van der Waals surface area contributed by atoms with Gasteiger partial charge in [0.1, 0.15) is 0 Å². The zero-order chi connectivity index (χ0) is 24.3. The van der Waals surface area contributed by atoms with Gasteiger partial charge in [-0.3, -0.25) is 4.79 Å². The van der Waals surface area contributed by atoms with E-state index in [1.807, 2.05) is 0 Å². The lowest BCUT2D eigenvalue weighted by Crippen LogP contribution is -2.43. The second-order valence-electron chi connectivity index (χ2n) is 11.8. The summed E-state index contributed by atoms with van der Waals surface area (Å²) >= 11 is 0. The van der Waals surface area contributed by atoms with Crippen molar-refractivity contribution in [2.24, 2.45) is 12.5 Å². The summed E-state index contributed by atoms with van der Waals surface area (Å²) in [6.07, 6.45) is 0. The molecule has 1 aliphatic carbocycles. The SMILES string of the molecule is C/C(=C1/C(=O)Nc2c(C)c(C)c(C)c(C)c21)c1c(C)c2c(n1C)C(C)(C)C(C)(C)C2(C)C. The molecule has 2 heterocycles. The summed E-state index contributed by atoms with van der Waals surface area (Å²) in [5, 5.41) is 3.20. The second-order valence-corrected chi connectivity index (χ2v) is 11.8. The van der Waals surface area contributed by atoms with Crippen molar-refractivity contribution < 1.29 is 4.79 Å². The molecule has 0 saturated carbocycles. The Morgan fingerprint density at radius 1 is 0.781 bits per heavy atom. The van der Waals surface area contributed by atoms with E-state index in [1.165, 1.54) is 44.8 Å². The normalized spacial score (nSPS) is 21.5. The van der Waals surface area contributed by atoms with Gasteiger partial charge in [-0.05, 0) is 91.3 Å². The Kier molecular flexibility index (Phi) is 4.57. The molecule has 172 valence electrons. The van der Waals surface area contributed by atoms with Gasteiger partial charge in [0.25, 0.3) is 5.91 Å². The van der Waals surface area contributed by atoms with Crippen LogP contribution in [0.1, 0.15) is 98.8 Å². The lowest BCUT2D eigenvalue weighted by Gasteiger charge is -2.45. The lowest BCUT2D eigenvalue weighted by atomic mass is 9.59. The van der Waals surface area contributed by atoms with E-state index in [0.29, 0.717) is 0 Å². The Bertz CT molecular complexity index is 1200. The molecule has 2 aromatic rings. The van der Waals surface area contributed by atoms with Crippen molar-refractivity contribution in [2.75, 3.05) is 5.32 Å². The molecule has 1 N–H and O–H groups in total. The highest BCUT2D eigenvalue weighted by atomic mass is 16.2. The van der Waals surface area contributed by atoms with Gasteiger partial charge in [0, 0.05) is 29.4 Å². The number of nitrogens with zero attached hydrogens (tertiary/aromatic N) is 1. The Morgan fingerprint density at radius 3 is 1.84 bits per heavy atom. The molecule has 1 aromatic heterocycles. The van der Waals surface area contributed by atoms with Crippen molar-refractivity contribution >= 4 is 22.7 Å². The summed E-state index contributed by atoms with van der Waals surface area (Å²) in [5.41, 5.74) is 14.5. The Labute approximate surface area is 194 Å². The number of carbonyl (C=O) groups is 1. The van der Waals surface area contributed by atoms with Gasteiger partial charge in [0.05, 0.1) is 11.3 Å². The summed E-state index contributed by atoms with van der Waals surface area (Å²) in [4.78, 5) is 13.4. The van der Waals surface area contributed by atoms with Gasteiger partial charge in [-0.2, -0.15) is 0 Å². The van der Waals surface area contributed by atoms with Crippen molar-refractivity contribution in [3.8, 4) is 0 Å². The van der Waals surface area contributed by atoms with Crippen LogP contribution in [0.2, 0.25) is 0 Å². The van der Waals surface area contributed by atoms with E-state index < -0.39 is 0 Å². The van der Waals surface area contributed by atoms with Gasteiger partial charge in [-0.25, -0.2) is 0 Å². The number of carbonyl (C=O) groups excluding carboxylic acids is 1. The molecule has 1 aromatic carbocycles. The van der Waals surface area contributed by atoms with E-state index in [-0.39, 0.29) is 22.2 Å². The lowest BCUT2D eigenvalue weighted by molar-refractivity contribution is -0.110. The third kappa shape index (κ3) is 2.35. The number of anilines is 1. The number of rotatable bonds is 1. The van der Waals surface area contributed by atoms with E-state index in [9.17, 15) is 4.79 Å². The zero-order valence-corrected chi connectivity index (χ0v) is 22.4. The summed E-state index contributed by atoms with van der Waals surface area (Å²) in [6, 6.07) is 0. The summed E-state index contributed by atoms with van der Waals surface area (Å²) in [5.74, 6) is 0.0216. The van der Waals surface area contributed by atoms with Crippen LogP contribution in [0.5, 0.6) is 0 Å². The maximum Gasteiger partial charge on any atom is 0.256 e. The van der Waals surface area contributed by atoms with E-state index >= 15 is 0 Å².